The number of benzene rings is 2. The zero-order chi connectivity index (χ0) is 24.3. The van der Waals surface area contributed by atoms with E-state index < -0.39 is 17.8 Å². The van der Waals surface area contributed by atoms with Gasteiger partial charge in [-0.25, -0.2) is 14.8 Å². The van der Waals surface area contributed by atoms with Gasteiger partial charge in [-0.2, -0.15) is 13.2 Å². The second-order valence-electron chi connectivity index (χ2n) is 7.69. The van der Waals surface area contributed by atoms with E-state index in [0.29, 0.717) is 17.3 Å². The Hall–Kier alpha value is -4.15. The number of carbonyl (C=O) groups is 2. The Balaban J connectivity index is 1.37. The van der Waals surface area contributed by atoms with E-state index in [1.54, 1.807) is 30.3 Å². The highest BCUT2D eigenvalue weighted by Crippen LogP contribution is 2.34. The van der Waals surface area contributed by atoms with Crippen LogP contribution in [0.5, 0.6) is 11.6 Å². The van der Waals surface area contributed by atoms with Crippen molar-refractivity contribution < 1.29 is 27.5 Å². The summed E-state index contributed by atoms with van der Waals surface area (Å²) in [5.41, 5.74) is -0.327. The van der Waals surface area contributed by atoms with Gasteiger partial charge < -0.3 is 15.4 Å². The summed E-state index contributed by atoms with van der Waals surface area (Å²) in [6.45, 7) is 1.35. The van der Waals surface area contributed by atoms with Gasteiger partial charge in [0.25, 0.3) is 0 Å². The molecule has 3 amide bonds. The maximum absolute atomic E-state index is 13.1. The van der Waals surface area contributed by atoms with Crippen LogP contribution < -0.4 is 20.3 Å². The minimum atomic E-state index is -4.51. The fourth-order valence-corrected chi connectivity index (χ4v) is 3.23. The summed E-state index contributed by atoms with van der Waals surface area (Å²) in [5, 5.41) is 4.94. The second kappa shape index (κ2) is 9.38. The first-order valence-electron chi connectivity index (χ1n) is 10.3. The van der Waals surface area contributed by atoms with Crippen LogP contribution in [0.1, 0.15) is 24.0 Å². The van der Waals surface area contributed by atoms with Crippen molar-refractivity contribution in [2.24, 2.45) is 0 Å². The Morgan fingerprint density at radius 2 is 1.74 bits per heavy atom. The van der Waals surface area contributed by atoms with Crippen LogP contribution in [-0.4, -0.2) is 28.5 Å². The van der Waals surface area contributed by atoms with Gasteiger partial charge in [0, 0.05) is 23.5 Å². The maximum atomic E-state index is 13.1. The molecule has 11 heteroatoms. The number of anilines is 3. The van der Waals surface area contributed by atoms with E-state index in [0.717, 1.165) is 25.3 Å². The molecule has 176 valence electrons. The molecule has 8 nitrogen and oxygen atoms in total. The van der Waals surface area contributed by atoms with Crippen molar-refractivity contribution in [2.45, 2.75) is 32.0 Å². The normalized spacial score (nSPS) is 13.2. The lowest BCUT2D eigenvalue weighted by molar-refractivity contribution is -0.138. The van der Waals surface area contributed by atoms with Gasteiger partial charge in [0.1, 0.15) is 17.9 Å². The lowest BCUT2D eigenvalue weighted by Gasteiger charge is -2.15. The number of nitrogens with one attached hydrogen (secondary N) is 2. The number of hydrogen-bond acceptors (Lipinski definition) is 5. The van der Waals surface area contributed by atoms with E-state index in [4.69, 9.17) is 4.74 Å². The minimum Gasteiger partial charge on any atom is -0.439 e. The van der Waals surface area contributed by atoms with Crippen molar-refractivity contribution in [3.05, 3.63) is 66.0 Å². The molecule has 1 aliphatic carbocycles. The topological polar surface area (TPSA) is 96.5 Å². The molecule has 4 rings (SSSR count). The molecule has 1 fully saturated rings. The molecule has 0 spiro atoms. The Kier molecular flexibility index (Phi) is 6.35. The molecule has 1 aromatic heterocycles. The molecular weight excluding hydrogens is 451 g/mol. The molecule has 0 atom stereocenters. The van der Waals surface area contributed by atoms with Crippen molar-refractivity contribution in [1.29, 1.82) is 0 Å². The highest BCUT2D eigenvalue weighted by molar-refractivity contribution is 5.99. The van der Waals surface area contributed by atoms with Crippen LogP contribution in [0.25, 0.3) is 0 Å². The standard InChI is InChI=1S/C23H20F3N5O3/c1-14-2-3-16(10-19(14)23(24,25)26)30-22(33)29-15-4-8-18(9-5-15)34-21-11-20(27-12-28-21)31(13-32)17-6-7-17/h2-5,8-13,17H,6-7H2,1H3,(H2,29,30,33). The smallest absolute Gasteiger partial charge is 0.416 e. The average molecular weight is 471 g/mol. The summed E-state index contributed by atoms with van der Waals surface area (Å²) >= 11 is 0. The third-order valence-corrected chi connectivity index (χ3v) is 5.08. The van der Waals surface area contributed by atoms with E-state index in [1.807, 2.05) is 0 Å². The van der Waals surface area contributed by atoms with E-state index in [9.17, 15) is 22.8 Å². The Morgan fingerprint density at radius 1 is 1.06 bits per heavy atom. The Labute approximate surface area is 192 Å². The van der Waals surface area contributed by atoms with Gasteiger partial charge in [-0.3, -0.25) is 9.69 Å². The number of ether oxygens (including phenoxy) is 1. The van der Waals surface area contributed by atoms with E-state index in [2.05, 4.69) is 20.6 Å². The number of aromatic nitrogens is 2. The van der Waals surface area contributed by atoms with Crippen LogP contribution in [0.2, 0.25) is 0 Å². The number of rotatable bonds is 7. The molecule has 2 aromatic carbocycles. The van der Waals surface area contributed by atoms with Crippen LogP contribution in [0.4, 0.5) is 35.2 Å². The van der Waals surface area contributed by atoms with E-state index in [1.165, 1.54) is 30.3 Å². The number of amides is 3. The third kappa shape index (κ3) is 5.61. The summed E-state index contributed by atoms with van der Waals surface area (Å²) in [6, 6.07) is 10.9. The fourth-order valence-electron chi connectivity index (χ4n) is 3.23. The molecule has 1 aliphatic rings. The zero-order valence-corrected chi connectivity index (χ0v) is 18.0. The predicted octanol–water partition coefficient (Wildman–Crippen LogP) is 5.37. The second-order valence-corrected chi connectivity index (χ2v) is 7.69. The molecule has 0 radical (unpaired) electrons. The highest BCUT2D eigenvalue weighted by atomic mass is 19.4. The van der Waals surface area contributed by atoms with Crippen molar-refractivity contribution in [1.82, 2.24) is 9.97 Å². The molecule has 0 bridgehead atoms. The van der Waals surface area contributed by atoms with Gasteiger partial charge in [0.2, 0.25) is 12.3 Å². The summed E-state index contributed by atoms with van der Waals surface area (Å²) < 4.78 is 44.9. The van der Waals surface area contributed by atoms with Crippen molar-refractivity contribution in [3.63, 3.8) is 0 Å². The summed E-state index contributed by atoms with van der Waals surface area (Å²) in [6.07, 6.45) is -0.625. The number of alkyl halides is 3. The Morgan fingerprint density at radius 3 is 2.38 bits per heavy atom. The van der Waals surface area contributed by atoms with Gasteiger partial charge in [-0.05, 0) is 61.7 Å². The van der Waals surface area contributed by atoms with Gasteiger partial charge in [0.15, 0.2) is 0 Å². The van der Waals surface area contributed by atoms with E-state index in [-0.39, 0.29) is 23.2 Å². The summed E-state index contributed by atoms with van der Waals surface area (Å²) in [5.74, 6) is 1.12. The van der Waals surface area contributed by atoms with E-state index >= 15 is 0 Å². The number of halogens is 3. The SMILES string of the molecule is Cc1ccc(NC(=O)Nc2ccc(Oc3cc(N(C=O)C4CC4)ncn3)cc2)cc1C(F)(F)F. The largest absolute Gasteiger partial charge is 0.439 e. The molecular formula is C23H20F3N5O3. The van der Waals surface area contributed by atoms with Crippen LogP contribution in [0, 0.1) is 6.92 Å². The Bertz CT molecular complexity index is 1200. The third-order valence-electron chi connectivity index (χ3n) is 5.08. The maximum Gasteiger partial charge on any atom is 0.416 e. The quantitative estimate of drug-likeness (QED) is 0.452. The number of nitrogens with zero attached hydrogens (tertiary/aromatic N) is 3. The fraction of sp³-hybridized carbons (Fsp3) is 0.217. The lowest BCUT2D eigenvalue weighted by Crippen LogP contribution is -2.24. The molecule has 0 aliphatic heterocycles. The average Bonchev–Trinajstić information content (AvgIpc) is 3.62. The first-order chi connectivity index (χ1) is 16.2. The molecule has 0 saturated heterocycles. The predicted molar refractivity (Wildman–Crippen MR) is 119 cm³/mol. The van der Waals surface area contributed by atoms with Gasteiger partial charge in [0.05, 0.1) is 5.56 Å². The van der Waals surface area contributed by atoms with Crippen LogP contribution in [-0.2, 0) is 11.0 Å². The van der Waals surface area contributed by atoms with Gasteiger partial charge >= 0.3 is 12.2 Å². The van der Waals surface area contributed by atoms with Gasteiger partial charge in [-0.15, -0.1) is 0 Å². The number of hydrogen-bond donors (Lipinski definition) is 2. The zero-order valence-electron chi connectivity index (χ0n) is 18.0. The summed E-state index contributed by atoms with van der Waals surface area (Å²) in [4.78, 5) is 33.2. The van der Waals surface area contributed by atoms with Crippen molar-refractivity contribution in [2.75, 3.05) is 15.5 Å². The highest BCUT2D eigenvalue weighted by Gasteiger charge is 2.32. The first-order valence-corrected chi connectivity index (χ1v) is 10.3. The van der Waals surface area contributed by atoms with Crippen LogP contribution in [0.3, 0.4) is 0 Å². The monoisotopic (exact) mass is 471 g/mol. The van der Waals surface area contributed by atoms with Crippen LogP contribution in [0.15, 0.2) is 54.9 Å². The number of aryl methyl sites for hydroxylation is 1. The van der Waals surface area contributed by atoms with Gasteiger partial charge in [-0.1, -0.05) is 6.07 Å². The summed E-state index contributed by atoms with van der Waals surface area (Å²) in [7, 11) is 0. The van der Waals surface area contributed by atoms with Crippen LogP contribution >= 0.6 is 0 Å². The lowest BCUT2D eigenvalue weighted by atomic mass is 10.1. The molecule has 3 aromatic rings. The van der Waals surface area contributed by atoms with Crippen molar-refractivity contribution in [3.8, 4) is 11.6 Å². The minimum absolute atomic E-state index is 0.0190. The molecule has 1 saturated carbocycles. The first kappa shape index (κ1) is 23.0. The number of urea groups is 1. The molecule has 34 heavy (non-hydrogen) atoms. The number of carbonyl (C=O) groups excluding carboxylic acids is 2. The molecule has 1 heterocycles. The molecule has 0 unspecified atom stereocenters. The van der Waals surface area contributed by atoms with Crippen molar-refractivity contribution >= 4 is 29.6 Å². The molecule has 2 N–H and O–H groups in total.